The quantitative estimate of drug-likeness (QED) is 0.456. The van der Waals surface area contributed by atoms with Crippen LogP contribution in [-0.4, -0.2) is 79.2 Å². The maximum atomic E-state index is 13.0. The normalized spacial score (nSPS) is 19.6. The van der Waals surface area contributed by atoms with Gasteiger partial charge in [-0.15, -0.1) is 0 Å². The van der Waals surface area contributed by atoms with Crippen molar-refractivity contribution in [1.29, 1.82) is 0 Å². The SMILES string of the molecule is Cc1nc(-c2ccc(N3CC(CN4CCN(S(=O)(=O)c5cc(Cl)cc(Cl)c5)CC4)OC3=O)cc2)no1. The van der Waals surface area contributed by atoms with E-state index < -0.39 is 16.1 Å². The van der Waals surface area contributed by atoms with E-state index in [2.05, 4.69) is 15.0 Å². The zero-order valence-electron chi connectivity index (χ0n) is 19.3. The van der Waals surface area contributed by atoms with Crippen molar-refractivity contribution in [2.75, 3.05) is 44.2 Å². The van der Waals surface area contributed by atoms with Crippen LogP contribution in [0.5, 0.6) is 0 Å². The Morgan fingerprint density at radius 3 is 2.31 bits per heavy atom. The molecule has 36 heavy (non-hydrogen) atoms. The van der Waals surface area contributed by atoms with Crippen molar-refractivity contribution in [3.63, 3.8) is 0 Å². The molecule has 2 fully saturated rings. The molecule has 2 saturated heterocycles. The molecule has 0 spiro atoms. The number of nitrogens with zero attached hydrogens (tertiary/aromatic N) is 5. The van der Waals surface area contributed by atoms with Crippen molar-refractivity contribution in [2.45, 2.75) is 17.9 Å². The van der Waals surface area contributed by atoms with E-state index in [1.54, 1.807) is 11.8 Å². The lowest BCUT2D eigenvalue weighted by atomic mass is 10.2. The predicted octanol–water partition coefficient (Wildman–Crippen LogP) is 3.68. The van der Waals surface area contributed by atoms with Crippen LogP contribution in [0, 0.1) is 6.92 Å². The Hall–Kier alpha value is -2.70. The van der Waals surface area contributed by atoms with Gasteiger partial charge in [0.2, 0.25) is 21.7 Å². The number of sulfonamides is 1. The van der Waals surface area contributed by atoms with Crippen LogP contribution in [0.3, 0.4) is 0 Å². The van der Waals surface area contributed by atoms with E-state index in [1.807, 2.05) is 24.3 Å². The first-order valence-corrected chi connectivity index (χ1v) is 13.5. The summed E-state index contributed by atoms with van der Waals surface area (Å²) in [5.74, 6) is 0.966. The minimum Gasteiger partial charge on any atom is -0.443 e. The summed E-state index contributed by atoms with van der Waals surface area (Å²) in [6, 6.07) is 11.6. The van der Waals surface area contributed by atoms with Crippen LogP contribution in [0.2, 0.25) is 10.0 Å². The van der Waals surface area contributed by atoms with Crippen LogP contribution in [0.4, 0.5) is 10.5 Å². The topological polar surface area (TPSA) is 109 Å². The maximum absolute atomic E-state index is 13.0. The minimum absolute atomic E-state index is 0.0781. The number of aryl methyl sites for hydroxylation is 1. The highest BCUT2D eigenvalue weighted by molar-refractivity contribution is 7.89. The summed E-state index contributed by atoms with van der Waals surface area (Å²) in [5.41, 5.74) is 1.50. The lowest BCUT2D eigenvalue weighted by molar-refractivity contribution is 0.0937. The molecule has 2 aliphatic rings. The highest BCUT2D eigenvalue weighted by atomic mass is 35.5. The number of ether oxygens (including phenoxy) is 1. The average molecular weight is 552 g/mol. The van der Waals surface area contributed by atoms with Gasteiger partial charge in [0.1, 0.15) is 6.10 Å². The molecule has 3 aromatic rings. The molecule has 10 nitrogen and oxygen atoms in total. The van der Waals surface area contributed by atoms with Gasteiger partial charge in [-0.1, -0.05) is 28.4 Å². The number of carbonyl (C=O) groups is 1. The molecule has 1 atom stereocenters. The Balaban J connectivity index is 1.17. The first kappa shape index (κ1) is 25.0. The van der Waals surface area contributed by atoms with Gasteiger partial charge in [-0.3, -0.25) is 9.80 Å². The lowest BCUT2D eigenvalue weighted by Gasteiger charge is -2.34. The highest BCUT2D eigenvalue weighted by Crippen LogP contribution is 2.27. The van der Waals surface area contributed by atoms with Crippen LogP contribution >= 0.6 is 23.2 Å². The van der Waals surface area contributed by atoms with Crippen molar-refractivity contribution in [3.05, 3.63) is 58.4 Å². The molecule has 0 bridgehead atoms. The number of rotatable bonds is 6. The Morgan fingerprint density at radius 1 is 1.03 bits per heavy atom. The summed E-state index contributed by atoms with van der Waals surface area (Å²) in [6.07, 6.45) is -0.742. The fraction of sp³-hybridized carbons (Fsp3) is 0.348. The lowest BCUT2D eigenvalue weighted by Crippen LogP contribution is -2.50. The van der Waals surface area contributed by atoms with Crippen LogP contribution in [-0.2, 0) is 14.8 Å². The highest BCUT2D eigenvalue weighted by Gasteiger charge is 2.35. The fourth-order valence-electron chi connectivity index (χ4n) is 4.30. The molecule has 0 saturated carbocycles. The van der Waals surface area contributed by atoms with E-state index >= 15 is 0 Å². The largest absolute Gasteiger partial charge is 0.443 e. The number of hydrogen-bond donors (Lipinski definition) is 0. The van der Waals surface area contributed by atoms with Crippen LogP contribution in [0.1, 0.15) is 5.89 Å². The minimum atomic E-state index is -3.70. The zero-order chi connectivity index (χ0) is 25.4. The molecule has 1 amide bonds. The van der Waals surface area contributed by atoms with Crippen molar-refractivity contribution in [1.82, 2.24) is 19.3 Å². The summed E-state index contributed by atoms with van der Waals surface area (Å²) in [5, 5.41) is 4.44. The average Bonchev–Trinajstić information content (AvgIpc) is 3.44. The second-order valence-electron chi connectivity index (χ2n) is 8.61. The zero-order valence-corrected chi connectivity index (χ0v) is 21.6. The predicted molar refractivity (Wildman–Crippen MR) is 134 cm³/mol. The van der Waals surface area contributed by atoms with E-state index in [9.17, 15) is 13.2 Å². The van der Waals surface area contributed by atoms with Gasteiger partial charge in [-0.05, 0) is 42.5 Å². The molecule has 0 radical (unpaired) electrons. The first-order chi connectivity index (χ1) is 17.2. The molecular formula is C23H23Cl2N5O5S. The van der Waals surface area contributed by atoms with E-state index in [0.717, 1.165) is 5.56 Å². The van der Waals surface area contributed by atoms with E-state index in [4.69, 9.17) is 32.5 Å². The molecule has 5 rings (SSSR count). The Kier molecular flexibility index (Phi) is 6.92. The number of aromatic nitrogens is 2. The number of piperazine rings is 1. The Bertz CT molecular complexity index is 1350. The van der Waals surface area contributed by atoms with Crippen molar-refractivity contribution in [2.24, 2.45) is 0 Å². The van der Waals surface area contributed by atoms with Crippen molar-refractivity contribution >= 4 is 45.0 Å². The van der Waals surface area contributed by atoms with Gasteiger partial charge in [0.05, 0.1) is 11.4 Å². The van der Waals surface area contributed by atoms with Gasteiger partial charge in [0.25, 0.3) is 0 Å². The monoisotopic (exact) mass is 551 g/mol. The third kappa shape index (κ3) is 5.21. The summed E-state index contributed by atoms with van der Waals surface area (Å²) >= 11 is 12.0. The van der Waals surface area contributed by atoms with Gasteiger partial charge in [0.15, 0.2) is 0 Å². The Morgan fingerprint density at radius 2 is 1.69 bits per heavy atom. The summed E-state index contributed by atoms with van der Waals surface area (Å²) in [7, 11) is -3.70. The number of hydrogen-bond acceptors (Lipinski definition) is 8. The van der Waals surface area contributed by atoms with Crippen LogP contribution in [0.25, 0.3) is 11.4 Å². The summed E-state index contributed by atoms with van der Waals surface area (Å²) in [4.78, 5) is 20.5. The van der Waals surface area contributed by atoms with Gasteiger partial charge in [0, 0.05) is 60.9 Å². The van der Waals surface area contributed by atoms with E-state index in [-0.39, 0.29) is 21.0 Å². The molecule has 0 N–H and O–H groups in total. The fourth-order valence-corrected chi connectivity index (χ4v) is 6.45. The van der Waals surface area contributed by atoms with Gasteiger partial charge < -0.3 is 9.26 Å². The number of cyclic esters (lactones) is 1. The third-order valence-corrected chi connectivity index (χ3v) is 8.42. The molecule has 0 aliphatic carbocycles. The maximum Gasteiger partial charge on any atom is 0.414 e. The third-order valence-electron chi connectivity index (χ3n) is 6.11. The Labute approximate surface area is 218 Å². The second-order valence-corrected chi connectivity index (χ2v) is 11.4. The van der Waals surface area contributed by atoms with E-state index in [0.29, 0.717) is 56.7 Å². The summed E-state index contributed by atoms with van der Waals surface area (Å²) in [6.45, 7) is 4.29. The number of amides is 1. The molecule has 3 heterocycles. The molecule has 1 aromatic heterocycles. The molecular weight excluding hydrogens is 529 g/mol. The van der Waals surface area contributed by atoms with E-state index in [1.165, 1.54) is 22.5 Å². The molecule has 13 heteroatoms. The molecule has 2 aliphatic heterocycles. The van der Waals surface area contributed by atoms with Crippen LogP contribution < -0.4 is 4.90 Å². The first-order valence-electron chi connectivity index (χ1n) is 11.3. The number of carbonyl (C=O) groups excluding carboxylic acids is 1. The van der Waals surface area contributed by atoms with Crippen molar-refractivity contribution in [3.8, 4) is 11.4 Å². The van der Waals surface area contributed by atoms with Crippen molar-refractivity contribution < 1.29 is 22.5 Å². The molecule has 1 unspecified atom stereocenters. The van der Waals surface area contributed by atoms with Gasteiger partial charge in [-0.2, -0.15) is 9.29 Å². The van der Waals surface area contributed by atoms with Crippen LogP contribution in [0.15, 0.2) is 51.9 Å². The summed E-state index contributed by atoms with van der Waals surface area (Å²) < 4.78 is 38.0. The number of halogens is 2. The second kappa shape index (κ2) is 9.98. The molecule has 2 aromatic carbocycles. The standard InChI is InChI=1S/C23H23Cl2N5O5S/c1-15-26-22(27-35-15)16-2-4-19(5-3-16)30-14-20(34-23(30)31)13-28-6-8-29(9-7-28)36(32,33)21-11-17(24)10-18(25)12-21/h2-5,10-12,20H,6-9,13-14H2,1H3. The van der Waals surface area contributed by atoms with Gasteiger partial charge >= 0.3 is 6.09 Å². The molecule has 190 valence electrons. The van der Waals surface area contributed by atoms with Gasteiger partial charge in [-0.25, -0.2) is 13.2 Å². The number of anilines is 1. The number of benzene rings is 2. The smallest absolute Gasteiger partial charge is 0.414 e.